The highest BCUT2D eigenvalue weighted by atomic mass is 32.2. The fourth-order valence-electron chi connectivity index (χ4n) is 2.94. The standard InChI is InChI=1S/C15H17N5O2S2/c1-11-2-4-13(5-3-11)24(21,22)19-8-6-12(7-9-19)14-18-20-10-16-17-15(20)23-14/h2-5,10,12H,6-9H2,1H3. The average Bonchev–Trinajstić information content (AvgIpc) is 3.17. The van der Waals surface area contributed by atoms with Crippen molar-refractivity contribution >= 4 is 26.3 Å². The molecule has 0 unspecified atom stereocenters. The first-order valence-corrected chi connectivity index (χ1v) is 10.0. The van der Waals surface area contributed by atoms with E-state index in [1.54, 1.807) is 27.3 Å². The molecule has 3 heterocycles. The van der Waals surface area contributed by atoms with Gasteiger partial charge in [0.15, 0.2) is 0 Å². The van der Waals surface area contributed by atoms with E-state index in [1.807, 2.05) is 19.1 Å². The van der Waals surface area contributed by atoms with E-state index in [-0.39, 0.29) is 5.92 Å². The number of nitrogens with zero attached hydrogens (tertiary/aromatic N) is 5. The van der Waals surface area contributed by atoms with Crippen LogP contribution < -0.4 is 0 Å². The third-order valence-electron chi connectivity index (χ3n) is 4.36. The Hall–Kier alpha value is -1.84. The van der Waals surface area contributed by atoms with Crippen LogP contribution >= 0.6 is 11.3 Å². The molecule has 24 heavy (non-hydrogen) atoms. The van der Waals surface area contributed by atoms with Crippen molar-refractivity contribution in [2.75, 3.05) is 13.1 Å². The van der Waals surface area contributed by atoms with Crippen molar-refractivity contribution in [1.82, 2.24) is 24.1 Å². The van der Waals surface area contributed by atoms with Gasteiger partial charge in [-0.2, -0.15) is 13.9 Å². The molecule has 0 amide bonds. The monoisotopic (exact) mass is 363 g/mol. The van der Waals surface area contributed by atoms with Crippen LogP contribution in [-0.4, -0.2) is 45.6 Å². The minimum Gasteiger partial charge on any atom is -0.207 e. The van der Waals surface area contributed by atoms with Crippen LogP contribution in [0.2, 0.25) is 0 Å². The van der Waals surface area contributed by atoms with E-state index in [0.29, 0.717) is 18.0 Å². The Kier molecular flexibility index (Phi) is 3.86. The number of piperidine rings is 1. The van der Waals surface area contributed by atoms with Crippen molar-refractivity contribution in [1.29, 1.82) is 0 Å². The van der Waals surface area contributed by atoms with Crippen molar-refractivity contribution in [3.63, 3.8) is 0 Å². The highest BCUT2D eigenvalue weighted by Crippen LogP contribution is 2.32. The molecule has 3 aromatic rings. The lowest BCUT2D eigenvalue weighted by Gasteiger charge is -2.30. The molecule has 0 spiro atoms. The molecule has 4 rings (SSSR count). The minimum atomic E-state index is -3.41. The van der Waals surface area contributed by atoms with E-state index in [1.165, 1.54) is 11.3 Å². The maximum Gasteiger partial charge on any atom is 0.243 e. The molecule has 7 nitrogen and oxygen atoms in total. The Morgan fingerprint density at radius 2 is 1.88 bits per heavy atom. The summed E-state index contributed by atoms with van der Waals surface area (Å²) >= 11 is 1.53. The Balaban J connectivity index is 1.49. The molecule has 9 heteroatoms. The van der Waals surface area contributed by atoms with Crippen molar-refractivity contribution in [2.24, 2.45) is 0 Å². The first kappa shape index (κ1) is 15.7. The molecule has 1 fully saturated rings. The molecule has 126 valence electrons. The number of aryl methyl sites for hydroxylation is 1. The summed E-state index contributed by atoms with van der Waals surface area (Å²) in [6.45, 7) is 2.98. The maximum absolute atomic E-state index is 12.7. The summed E-state index contributed by atoms with van der Waals surface area (Å²) in [7, 11) is -3.41. The number of hydrogen-bond donors (Lipinski definition) is 0. The molecule has 2 aromatic heterocycles. The number of benzene rings is 1. The first-order valence-electron chi connectivity index (χ1n) is 7.77. The topological polar surface area (TPSA) is 80.5 Å². The van der Waals surface area contributed by atoms with E-state index in [2.05, 4.69) is 15.3 Å². The Bertz CT molecular complexity index is 925. The highest BCUT2D eigenvalue weighted by molar-refractivity contribution is 7.89. The van der Waals surface area contributed by atoms with Crippen molar-refractivity contribution in [2.45, 2.75) is 30.6 Å². The zero-order valence-corrected chi connectivity index (χ0v) is 14.8. The van der Waals surface area contributed by atoms with Crippen LogP contribution in [0.4, 0.5) is 0 Å². The number of rotatable bonds is 3. The summed E-state index contributed by atoms with van der Waals surface area (Å²) in [6.07, 6.45) is 3.14. The van der Waals surface area contributed by atoms with Gasteiger partial charge in [-0.25, -0.2) is 8.42 Å². The summed E-state index contributed by atoms with van der Waals surface area (Å²) < 4.78 is 28.7. The molecular weight excluding hydrogens is 346 g/mol. The van der Waals surface area contributed by atoms with Crippen molar-refractivity contribution in [3.05, 3.63) is 41.2 Å². The van der Waals surface area contributed by atoms with E-state index in [4.69, 9.17) is 0 Å². The smallest absolute Gasteiger partial charge is 0.207 e. The van der Waals surface area contributed by atoms with Gasteiger partial charge in [-0.1, -0.05) is 29.0 Å². The molecular formula is C15H17N5O2S2. The zero-order chi connectivity index (χ0) is 16.7. The Morgan fingerprint density at radius 3 is 2.54 bits per heavy atom. The molecule has 1 aliphatic heterocycles. The number of fused-ring (bicyclic) bond motifs is 1. The molecule has 0 aliphatic carbocycles. The summed E-state index contributed by atoms with van der Waals surface area (Å²) in [6, 6.07) is 7.03. The molecule has 0 N–H and O–H groups in total. The fourth-order valence-corrected chi connectivity index (χ4v) is 5.40. The third kappa shape index (κ3) is 2.72. The molecule has 0 bridgehead atoms. The predicted molar refractivity (Wildman–Crippen MR) is 90.6 cm³/mol. The van der Waals surface area contributed by atoms with Crippen LogP contribution in [0.15, 0.2) is 35.5 Å². The van der Waals surface area contributed by atoms with Crippen LogP contribution in [-0.2, 0) is 10.0 Å². The minimum absolute atomic E-state index is 0.279. The van der Waals surface area contributed by atoms with Crippen LogP contribution in [0.1, 0.15) is 29.3 Å². The second kappa shape index (κ2) is 5.91. The van der Waals surface area contributed by atoms with Gasteiger partial charge in [-0.05, 0) is 31.9 Å². The van der Waals surface area contributed by atoms with Gasteiger partial charge in [-0.15, -0.1) is 10.2 Å². The van der Waals surface area contributed by atoms with Crippen molar-refractivity contribution in [3.8, 4) is 0 Å². The molecule has 1 aliphatic rings. The second-order valence-electron chi connectivity index (χ2n) is 5.99. The van der Waals surface area contributed by atoms with E-state index >= 15 is 0 Å². The van der Waals surface area contributed by atoms with Gasteiger partial charge < -0.3 is 0 Å². The lowest BCUT2D eigenvalue weighted by molar-refractivity contribution is 0.318. The third-order valence-corrected chi connectivity index (χ3v) is 7.35. The van der Waals surface area contributed by atoms with Gasteiger partial charge in [0.2, 0.25) is 15.0 Å². The molecule has 1 aromatic carbocycles. The number of sulfonamides is 1. The number of aromatic nitrogens is 4. The second-order valence-corrected chi connectivity index (χ2v) is 8.92. The van der Waals surface area contributed by atoms with Crippen LogP contribution in [0, 0.1) is 6.92 Å². The Morgan fingerprint density at radius 1 is 1.17 bits per heavy atom. The lowest BCUT2D eigenvalue weighted by Crippen LogP contribution is -2.37. The van der Waals surface area contributed by atoms with Crippen LogP contribution in [0.5, 0.6) is 0 Å². The SMILES string of the molecule is Cc1ccc(S(=O)(=O)N2CCC(c3nn4cnnc4s3)CC2)cc1. The molecule has 0 saturated carbocycles. The van der Waals surface area contributed by atoms with Crippen LogP contribution in [0.3, 0.4) is 0 Å². The van der Waals surface area contributed by atoms with Gasteiger partial charge in [-0.3, -0.25) is 0 Å². The molecule has 1 saturated heterocycles. The molecule has 0 atom stereocenters. The average molecular weight is 363 g/mol. The fraction of sp³-hybridized carbons (Fsp3) is 0.400. The van der Waals surface area contributed by atoms with Gasteiger partial charge in [0.05, 0.1) is 4.90 Å². The van der Waals surface area contributed by atoms with Crippen molar-refractivity contribution < 1.29 is 8.42 Å². The normalized spacial score (nSPS) is 17.5. The summed E-state index contributed by atoms with van der Waals surface area (Å²) in [5.41, 5.74) is 1.05. The van der Waals surface area contributed by atoms with Gasteiger partial charge in [0, 0.05) is 19.0 Å². The maximum atomic E-state index is 12.7. The van der Waals surface area contributed by atoms with E-state index in [9.17, 15) is 8.42 Å². The van der Waals surface area contributed by atoms with E-state index in [0.717, 1.165) is 28.4 Å². The summed E-state index contributed by atoms with van der Waals surface area (Å²) in [5.74, 6) is 0.279. The van der Waals surface area contributed by atoms with E-state index < -0.39 is 10.0 Å². The Labute approximate surface area is 144 Å². The van der Waals surface area contributed by atoms with Gasteiger partial charge in [0.25, 0.3) is 0 Å². The van der Waals surface area contributed by atoms with Gasteiger partial charge in [0.1, 0.15) is 11.3 Å². The predicted octanol–water partition coefficient (Wildman–Crippen LogP) is 2.06. The quantitative estimate of drug-likeness (QED) is 0.711. The zero-order valence-electron chi connectivity index (χ0n) is 13.2. The summed E-state index contributed by atoms with van der Waals surface area (Å²) in [4.78, 5) is 1.14. The molecule has 0 radical (unpaired) electrons. The first-order chi connectivity index (χ1) is 11.5. The van der Waals surface area contributed by atoms with Crippen LogP contribution in [0.25, 0.3) is 4.96 Å². The number of hydrogen-bond acceptors (Lipinski definition) is 6. The largest absolute Gasteiger partial charge is 0.243 e. The summed E-state index contributed by atoms with van der Waals surface area (Å²) in [5, 5.41) is 13.3. The highest BCUT2D eigenvalue weighted by Gasteiger charge is 2.31. The lowest BCUT2D eigenvalue weighted by atomic mass is 9.99. The van der Waals surface area contributed by atoms with Gasteiger partial charge >= 0.3 is 0 Å².